The van der Waals surface area contributed by atoms with E-state index < -0.39 is 0 Å². The van der Waals surface area contributed by atoms with Gasteiger partial charge < -0.3 is 20.1 Å². The normalized spacial score (nSPS) is 10.2. The Morgan fingerprint density at radius 1 is 1.07 bits per heavy atom. The molecule has 3 aromatic rings. The number of aromatic nitrogens is 1. The molecule has 30 heavy (non-hydrogen) atoms. The van der Waals surface area contributed by atoms with E-state index in [0.717, 1.165) is 10.0 Å². The number of benzene rings is 2. The molecule has 8 heteroatoms. The number of nitrogens with zero attached hydrogens (tertiary/aromatic N) is 1. The van der Waals surface area contributed by atoms with Crippen LogP contribution in [-0.2, 0) is 11.3 Å². The summed E-state index contributed by atoms with van der Waals surface area (Å²) in [7, 11) is 1.53. The third kappa shape index (κ3) is 6.05. The standard InChI is InChI=1S/C22H20BrN3O4/c1-29-21-12-15(10-11-24-21)13-25-22(28)18-4-2-3-5-19(18)30-14-20(27)26-17-8-6-16(23)7-9-17/h2-12H,13-14H2,1H3,(H,25,28)(H,26,27). The van der Waals surface area contributed by atoms with Crippen LogP contribution in [-0.4, -0.2) is 30.5 Å². The lowest BCUT2D eigenvalue weighted by molar-refractivity contribution is -0.118. The second-order valence-corrected chi connectivity index (χ2v) is 7.14. The largest absolute Gasteiger partial charge is 0.483 e. The van der Waals surface area contributed by atoms with Crippen LogP contribution in [0.25, 0.3) is 0 Å². The van der Waals surface area contributed by atoms with Crippen molar-refractivity contribution in [3.05, 3.63) is 82.5 Å². The molecule has 0 radical (unpaired) electrons. The molecular formula is C22H20BrN3O4. The van der Waals surface area contributed by atoms with Gasteiger partial charge in [-0.2, -0.15) is 0 Å². The van der Waals surface area contributed by atoms with E-state index in [1.807, 2.05) is 12.1 Å². The molecular weight excluding hydrogens is 450 g/mol. The average Bonchev–Trinajstić information content (AvgIpc) is 2.78. The van der Waals surface area contributed by atoms with Crippen molar-refractivity contribution in [3.63, 3.8) is 0 Å². The Kier molecular flexibility index (Phi) is 7.40. The number of anilines is 1. The second kappa shape index (κ2) is 10.4. The highest BCUT2D eigenvalue weighted by atomic mass is 79.9. The Hall–Kier alpha value is -3.39. The van der Waals surface area contributed by atoms with Crippen LogP contribution in [0.5, 0.6) is 11.6 Å². The molecule has 0 aliphatic carbocycles. The smallest absolute Gasteiger partial charge is 0.262 e. The molecule has 0 saturated heterocycles. The van der Waals surface area contributed by atoms with Crippen molar-refractivity contribution < 1.29 is 19.1 Å². The third-order valence-electron chi connectivity index (χ3n) is 4.08. The molecule has 2 aromatic carbocycles. The van der Waals surface area contributed by atoms with Crippen molar-refractivity contribution in [2.75, 3.05) is 19.0 Å². The lowest BCUT2D eigenvalue weighted by atomic mass is 10.2. The Labute approximate surface area is 182 Å². The fourth-order valence-corrected chi connectivity index (χ4v) is 2.87. The number of hydrogen-bond donors (Lipinski definition) is 2. The molecule has 7 nitrogen and oxygen atoms in total. The van der Waals surface area contributed by atoms with Crippen molar-refractivity contribution in [2.24, 2.45) is 0 Å². The summed E-state index contributed by atoms with van der Waals surface area (Å²) in [5.74, 6) is 0.168. The molecule has 0 spiro atoms. The highest BCUT2D eigenvalue weighted by Crippen LogP contribution is 2.19. The van der Waals surface area contributed by atoms with E-state index >= 15 is 0 Å². The fourth-order valence-electron chi connectivity index (χ4n) is 2.60. The maximum Gasteiger partial charge on any atom is 0.262 e. The predicted octanol–water partition coefficient (Wildman–Crippen LogP) is 3.80. The van der Waals surface area contributed by atoms with Crippen LogP contribution in [0.4, 0.5) is 5.69 Å². The minimum atomic E-state index is -0.323. The molecule has 1 heterocycles. The zero-order valence-electron chi connectivity index (χ0n) is 16.2. The SMILES string of the molecule is COc1cc(CNC(=O)c2ccccc2OCC(=O)Nc2ccc(Br)cc2)ccn1. The zero-order chi connectivity index (χ0) is 21.3. The van der Waals surface area contributed by atoms with E-state index in [-0.39, 0.29) is 18.4 Å². The molecule has 0 aliphatic heterocycles. The number of halogens is 1. The van der Waals surface area contributed by atoms with Crippen LogP contribution in [0.1, 0.15) is 15.9 Å². The van der Waals surface area contributed by atoms with Crippen LogP contribution >= 0.6 is 15.9 Å². The molecule has 0 bridgehead atoms. The minimum absolute atomic E-state index is 0.220. The Morgan fingerprint density at radius 2 is 1.83 bits per heavy atom. The quantitative estimate of drug-likeness (QED) is 0.523. The summed E-state index contributed by atoms with van der Waals surface area (Å²) in [4.78, 5) is 28.8. The van der Waals surface area contributed by atoms with Crippen LogP contribution < -0.4 is 20.1 Å². The molecule has 3 rings (SSSR count). The van der Waals surface area contributed by atoms with Gasteiger partial charge in [0.25, 0.3) is 11.8 Å². The van der Waals surface area contributed by atoms with Crippen LogP contribution in [0.15, 0.2) is 71.3 Å². The minimum Gasteiger partial charge on any atom is -0.483 e. The summed E-state index contributed by atoms with van der Waals surface area (Å²) >= 11 is 3.34. The van der Waals surface area contributed by atoms with E-state index in [1.54, 1.807) is 54.7 Å². The monoisotopic (exact) mass is 469 g/mol. The number of hydrogen-bond acceptors (Lipinski definition) is 5. The zero-order valence-corrected chi connectivity index (χ0v) is 17.8. The number of ether oxygens (including phenoxy) is 2. The van der Waals surface area contributed by atoms with Gasteiger partial charge in [0, 0.05) is 29.0 Å². The van der Waals surface area contributed by atoms with Crippen molar-refractivity contribution in [1.82, 2.24) is 10.3 Å². The number of para-hydroxylation sites is 1. The summed E-state index contributed by atoms with van der Waals surface area (Å²) in [6.07, 6.45) is 1.61. The van der Waals surface area contributed by atoms with Crippen molar-refractivity contribution in [1.29, 1.82) is 0 Å². The number of carbonyl (C=O) groups is 2. The number of pyridine rings is 1. The van der Waals surface area contributed by atoms with Crippen molar-refractivity contribution in [3.8, 4) is 11.6 Å². The van der Waals surface area contributed by atoms with E-state index in [0.29, 0.717) is 29.4 Å². The average molecular weight is 470 g/mol. The Bertz CT molecular complexity index is 1020. The molecule has 0 unspecified atom stereocenters. The van der Waals surface area contributed by atoms with Gasteiger partial charge in [0.15, 0.2) is 6.61 Å². The number of methoxy groups -OCH3 is 1. The van der Waals surface area contributed by atoms with Gasteiger partial charge in [-0.25, -0.2) is 4.98 Å². The first kappa shape index (κ1) is 21.3. The van der Waals surface area contributed by atoms with E-state index in [2.05, 4.69) is 31.5 Å². The van der Waals surface area contributed by atoms with Gasteiger partial charge >= 0.3 is 0 Å². The number of nitrogens with one attached hydrogen (secondary N) is 2. The van der Waals surface area contributed by atoms with E-state index in [4.69, 9.17) is 9.47 Å². The molecule has 1 aromatic heterocycles. The van der Waals surface area contributed by atoms with Gasteiger partial charge in [-0.1, -0.05) is 28.1 Å². The Morgan fingerprint density at radius 3 is 2.60 bits per heavy atom. The van der Waals surface area contributed by atoms with E-state index in [9.17, 15) is 9.59 Å². The summed E-state index contributed by atoms with van der Waals surface area (Å²) < 4.78 is 11.6. The summed E-state index contributed by atoms with van der Waals surface area (Å²) in [5.41, 5.74) is 1.85. The number of rotatable bonds is 8. The topological polar surface area (TPSA) is 89.5 Å². The first-order valence-electron chi connectivity index (χ1n) is 9.09. The molecule has 154 valence electrons. The second-order valence-electron chi connectivity index (χ2n) is 6.23. The van der Waals surface area contributed by atoms with Gasteiger partial charge in [-0.15, -0.1) is 0 Å². The van der Waals surface area contributed by atoms with Crippen LogP contribution in [0, 0.1) is 0 Å². The highest BCUT2D eigenvalue weighted by molar-refractivity contribution is 9.10. The van der Waals surface area contributed by atoms with Crippen molar-refractivity contribution >= 4 is 33.4 Å². The first-order valence-corrected chi connectivity index (χ1v) is 9.89. The first-order chi connectivity index (χ1) is 14.5. The van der Waals surface area contributed by atoms with Gasteiger partial charge in [-0.05, 0) is 48.0 Å². The molecule has 2 N–H and O–H groups in total. The fraction of sp³-hybridized carbons (Fsp3) is 0.136. The summed E-state index contributed by atoms with van der Waals surface area (Å²) in [6.45, 7) is 0.0814. The van der Waals surface area contributed by atoms with Gasteiger partial charge in [0.05, 0.1) is 12.7 Å². The molecule has 0 fully saturated rings. The predicted molar refractivity (Wildman–Crippen MR) is 117 cm³/mol. The van der Waals surface area contributed by atoms with E-state index in [1.165, 1.54) is 7.11 Å². The molecule has 0 atom stereocenters. The van der Waals surface area contributed by atoms with Crippen LogP contribution in [0.2, 0.25) is 0 Å². The molecule has 2 amide bonds. The Balaban J connectivity index is 1.58. The lowest BCUT2D eigenvalue weighted by Gasteiger charge is -2.12. The number of carbonyl (C=O) groups excluding carboxylic acids is 2. The van der Waals surface area contributed by atoms with Crippen molar-refractivity contribution in [2.45, 2.75) is 6.54 Å². The number of amides is 2. The summed E-state index contributed by atoms with van der Waals surface area (Å²) in [6, 6.07) is 17.5. The third-order valence-corrected chi connectivity index (χ3v) is 4.61. The highest BCUT2D eigenvalue weighted by Gasteiger charge is 2.13. The van der Waals surface area contributed by atoms with Gasteiger partial charge in [-0.3, -0.25) is 9.59 Å². The lowest BCUT2D eigenvalue weighted by Crippen LogP contribution is -2.25. The summed E-state index contributed by atoms with van der Waals surface area (Å²) in [5, 5.41) is 5.57. The molecule has 0 aliphatic rings. The maximum absolute atomic E-state index is 12.6. The maximum atomic E-state index is 12.6. The van der Waals surface area contributed by atoms with Gasteiger partial charge in [0.1, 0.15) is 5.75 Å². The molecule has 0 saturated carbocycles. The van der Waals surface area contributed by atoms with Crippen LogP contribution in [0.3, 0.4) is 0 Å². The van der Waals surface area contributed by atoms with Gasteiger partial charge in [0.2, 0.25) is 5.88 Å².